The van der Waals surface area contributed by atoms with E-state index < -0.39 is 11.6 Å². The summed E-state index contributed by atoms with van der Waals surface area (Å²) in [6.45, 7) is 3.37. The number of hydrogen-bond donors (Lipinski definition) is 2. The van der Waals surface area contributed by atoms with Crippen molar-refractivity contribution in [3.8, 4) is 0 Å². The van der Waals surface area contributed by atoms with Crippen LogP contribution in [0.1, 0.15) is 36.8 Å². The van der Waals surface area contributed by atoms with E-state index in [0.29, 0.717) is 31.5 Å². The van der Waals surface area contributed by atoms with Gasteiger partial charge in [-0.2, -0.15) is 0 Å². The minimum Gasteiger partial charge on any atom is -0.352 e. The van der Waals surface area contributed by atoms with Gasteiger partial charge in [-0.05, 0) is 67.5 Å². The molecule has 0 spiro atoms. The van der Waals surface area contributed by atoms with Gasteiger partial charge in [-0.25, -0.2) is 13.6 Å². The van der Waals surface area contributed by atoms with E-state index in [4.69, 9.17) is 0 Å². The largest absolute Gasteiger partial charge is 0.352 e. The number of halogens is 2. The minimum atomic E-state index is -0.662. The molecule has 3 amide bonds. The van der Waals surface area contributed by atoms with Crippen LogP contribution in [0.3, 0.4) is 0 Å². The summed E-state index contributed by atoms with van der Waals surface area (Å²) in [5, 5.41) is 5.63. The number of anilines is 1. The zero-order chi connectivity index (χ0) is 21.5. The van der Waals surface area contributed by atoms with Crippen molar-refractivity contribution < 1.29 is 18.4 Å². The third-order valence-electron chi connectivity index (χ3n) is 5.27. The van der Waals surface area contributed by atoms with E-state index in [9.17, 15) is 18.4 Å². The molecule has 1 aliphatic heterocycles. The van der Waals surface area contributed by atoms with Gasteiger partial charge in [0.25, 0.3) is 0 Å². The number of rotatable bonds is 6. The molecule has 0 unspecified atom stereocenters. The van der Waals surface area contributed by atoms with E-state index in [0.717, 1.165) is 30.2 Å². The Bertz CT molecular complexity index is 884. The quantitative estimate of drug-likeness (QED) is 0.724. The fourth-order valence-corrected chi connectivity index (χ4v) is 3.75. The smallest absolute Gasteiger partial charge is 0.321 e. The molecule has 2 N–H and O–H groups in total. The van der Waals surface area contributed by atoms with Crippen molar-refractivity contribution in [2.45, 2.75) is 39.2 Å². The molecule has 0 aliphatic carbocycles. The molecule has 1 heterocycles. The molecule has 3 rings (SSSR count). The van der Waals surface area contributed by atoms with Crippen LogP contribution in [0, 0.1) is 24.5 Å². The molecule has 5 nitrogen and oxygen atoms in total. The second-order valence-electron chi connectivity index (χ2n) is 7.85. The molecule has 2 aromatic carbocycles. The van der Waals surface area contributed by atoms with E-state index in [2.05, 4.69) is 10.6 Å². The van der Waals surface area contributed by atoms with Crippen LogP contribution in [-0.4, -0.2) is 29.9 Å². The van der Waals surface area contributed by atoms with Crippen molar-refractivity contribution in [2.75, 3.05) is 18.4 Å². The number of carbonyl (C=O) groups excluding carboxylic acids is 2. The average molecular weight is 415 g/mol. The van der Waals surface area contributed by atoms with E-state index in [1.54, 1.807) is 4.90 Å². The molecule has 7 heteroatoms. The van der Waals surface area contributed by atoms with Gasteiger partial charge in [-0.1, -0.05) is 12.1 Å². The topological polar surface area (TPSA) is 61.4 Å². The van der Waals surface area contributed by atoms with Crippen molar-refractivity contribution in [3.05, 3.63) is 65.2 Å². The van der Waals surface area contributed by atoms with Crippen LogP contribution in [0.2, 0.25) is 0 Å². The Morgan fingerprint density at radius 1 is 1.13 bits per heavy atom. The summed E-state index contributed by atoms with van der Waals surface area (Å²) in [6, 6.07) is 10.8. The van der Waals surface area contributed by atoms with Crippen LogP contribution in [-0.2, 0) is 11.3 Å². The third kappa shape index (κ3) is 6.54. The lowest BCUT2D eigenvalue weighted by atomic mass is 9.93. The third-order valence-corrected chi connectivity index (χ3v) is 5.27. The Hall–Kier alpha value is -2.96. The second-order valence-corrected chi connectivity index (χ2v) is 7.85. The Labute approximate surface area is 175 Å². The van der Waals surface area contributed by atoms with Crippen LogP contribution in [0.5, 0.6) is 0 Å². The Morgan fingerprint density at radius 2 is 1.90 bits per heavy atom. The first kappa shape index (κ1) is 21.7. The molecule has 0 radical (unpaired) electrons. The number of nitrogens with zero attached hydrogens (tertiary/aromatic N) is 1. The predicted octanol–water partition coefficient (Wildman–Crippen LogP) is 4.61. The molecule has 160 valence electrons. The normalized spacial score (nSPS) is 16.2. The first-order chi connectivity index (χ1) is 14.4. The summed E-state index contributed by atoms with van der Waals surface area (Å²) in [5.41, 5.74) is 2.24. The summed E-state index contributed by atoms with van der Waals surface area (Å²) >= 11 is 0. The molecular formula is C23H27F2N3O2. The fraction of sp³-hybridized carbons (Fsp3) is 0.391. The number of likely N-dealkylation sites (tertiary alicyclic amines) is 1. The lowest BCUT2D eigenvalue weighted by Gasteiger charge is -2.32. The summed E-state index contributed by atoms with van der Waals surface area (Å²) < 4.78 is 26.4. The summed E-state index contributed by atoms with van der Waals surface area (Å²) in [5.74, 6) is -1.24. The van der Waals surface area contributed by atoms with Gasteiger partial charge in [0.15, 0.2) is 0 Å². The number of aryl methyl sites for hydroxylation is 1. The molecule has 1 atom stereocenters. The highest BCUT2D eigenvalue weighted by molar-refractivity contribution is 5.89. The molecular weight excluding hydrogens is 388 g/mol. The first-order valence-electron chi connectivity index (χ1n) is 10.2. The Balaban J connectivity index is 1.43. The van der Waals surface area contributed by atoms with Crippen molar-refractivity contribution in [1.29, 1.82) is 0 Å². The van der Waals surface area contributed by atoms with Crippen molar-refractivity contribution in [1.82, 2.24) is 10.2 Å². The first-order valence-corrected chi connectivity index (χ1v) is 10.2. The van der Waals surface area contributed by atoms with Gasteiger partial charge in [-0.15, -0.1) is 0 Å². The van der Waals surface area contributed by atoms with Gasteiger partial charge in [0.1, 0.15) is 11.6 Å². The Kier molecular flexibility index (Phi) is 7.38. The summed E-state index contributed by atoms with van der Waals surface area (Å²) in [4.78, 5) is 26.5. The maximum Gasteiger partial charge on any atom is 0.321 e. The maximum absolute atomic E-state index is 13.2. The number of carbonyl (C=O) groups is 2. The highest BCUT2D eigenvalue weighted by Gasteiger charge is 2.24. The lowest BCUT2D eigenvalue weighted by molar-refractivity contribution is -0.121. The predicted molar refractivity (Wildman–Crippen MR) is 112 cm³/mol. The molecule has 2 aromatic rings. The van der Waals surface area contributed by atoms with Crippen LogP contribution in [0.15, 0.2) is 42.5 Å². The molecule has 0 aromatic heterocycles. The van der Waals surface area contributed by atoms with Crippen molar-refractivity contribution in [2.24, 2.45) is 5.92 Å². The molecule has 0 bridgehead atoms. The van der Waals surface area contributed by atoms with Gasteiger partial charge in [0.2, 0.25) is 5.91 Å². The number of nitrogens with one attached hydrogen (secondary N) is 2. The van der Waals surface area contributed by atoms with Crippen molar-refractivity contribution in [3.63, 3.8) is 0 Å². The highest BCUT2D eigenvalue weighted by atomic mass is 19.1. The fourth-order valence-electron chi connectivity index (χ4n) is 3.75. The second kappa shape index (κ2) is 10.2. The molecule has 0 saturated carbocycles. The standard InChI is InChI=1S/C23H27F2N3O2/c1-16-4-2-6-21(10-16)27-23(30)28-9-3-5-17(15-28)7-8-22(29)26-14-18-11-19(24)13-20(25)12-18/h2,4,6,10-13,17H,3,5,7-9,14-15H2,1H3,(H,26,29)(H,27,30)/t17-/m0/s1. The zero-order valence-electron chi connectivity index (χ0n) is 17.1. The number of urea groups is 1. The number of benzene rings is 2. The van der Waals surface area contributed by atoms with Crippen LogP contribution in [0.4, 0.5) is 19.3 Å². The van der Waals surface area contributed by atoms with Gasteiger partial charge >= 0.3 is 6.03 Å². The number of hydrogen-bond acceptors (Lipinski definition) is 2. The van der Waals surface area contributed by atoms with Gasteiger partial charge < -0.3 is 15.5 Å². The lowest BCUT2D eigenvalue weighted by Crippen LogP contribution is -2.42. The van der Waals surface area contributed by atoms with Crippen LogP contribution >= 0.6 is 0 Å². The monoisotopic (exact) mass is 415 g/mol. The van der Waals surface area contributed by atoms with E-state index in [1.807, 2.05) is 31.2 Å². The average Bonchev–Trinajstić information content (AvgIpc) is 2.70. The van der Waals surface area contributed by atoms with E-state index >= 15 is 0 Å². The zero-order valence-corrected chi connectivity index (χ0v) is 17.1. The van der Waals surface area contributed by atoms with Crippen LogP contribution < -0.4 is 10.6 Å². The maximum atomic E-state index is 13.2. The van der Waals surface area contributed by atoms with Gasteiger partial charge in [0.05, 0.1) is 0 Å². The number of piperidine rings is 1. The summed E-state index contributed by atoms with van der Waals surface area (Å²) in [7, 11) is 0. The molecule has 1 fully saturated rings. The SMILES string of the molecule is Cc1cccc(NC(=O)N2CCC[C@@H](CCC(=O)NCc3cc(F)cc(F)c3)C2)c1. The van der Waals surface area contributed by atoms with Crippen LogP contribution in [0.25, 0.3) is 0 Å². The Morgan fingerprint density at radius 3 is 2.63 bits per heavy atom. The molecule has 30 heavy (non-hydrogen) atoms. The summed E-state index contributed by atoms with van der Waals surface area (Å²) in [6.07, 6.45) is 2.85. The van der Waals surface area contributed by atoms with Gasteiger partial charge in [0, 0.05) is 37.8 Å². The molecule has 1 aliphatic rings. The van der Waals surface area contributed by atoms with Crippen molar-refractivity contribution >= 4 is 17.6 Å². The minimum absolute atomic E-state index is 0.0865. The molecule has 1 saturated heterocycles. The highest BCUT2D eigenvalue weighted by Crippen LogP contribution is 2.22. The van der Waals surface area contributed by atoms with Gasteiger partial charge in [-0.3, -0.25) is 4.79 Å². The number of amides is 3. The van der Waals surface area contributed by atoms with E-state index in [-0.39, 0.29) is 24.4 Å². The van der Waals surface area contributed by atoms with E-state index in [1.165, 1.54) is 12.1 Å².